The van der Waals surface area contributed by atoms with Crippen LogP contribution in [0.1, 0.15) is 37.3 Å². The van der Waals surface area contributed by atoms with E-state index in [1.165, 1.54) is 42.0 Å². The summed E-state index contributed by atoms with van der Waals surface area (Å²) < 4.78 is 5.29. The van der Waals surface area contributed by atoms with Gasteiger partial charge in [0.25, 0.3) is 0 Å². The minimum Gasteiger partial charge on any atom is -0.497 e. The molecule has 1 fully saturated rings. The summed E-state index contributed by atoms with van der Waals surface area (Å²) in [7, 11) is 3.80. The topological polar surface area (TPSA) is 21.3 Å². The van der Waals surface area contributed by atoms with Crippen LogP contribution in [0.15, 0.2) is 36.4 Å². The van der Waals surface area contributed by atoms with Gasteiger partial charge in [-0.15, -0.1) is 0 Å². The zero-order valence-electron chi connectivity index (χ0n) is 12.4. The highest BCUT2D eigenvalue weighted by molar-refractivity contribution is 5.84. The first-order valence-corrected chi connectivity index (χ1v) is 7.57. The van der Waals surface area contributed by atoms with Crippen molar-refractivity contribution in [3.05, 3.63) is 42.0 Å². The number of benzene rings is 2. The van der Waals surface area contributed by atoms with Crippen LogP contribution in [-0.4, -0.2) is 14.2 Å². The number of rotatable bonds is 4. The molecular formula is C18H23NO. The Morgan fingerprint density at radius 2 is 1.75 bits per heavy atom. The Balaban J connectivity index is 1.94. The summed E-state index contributed by atoms with van der Waals surface area (Å²) in [6.07, 6.45) is 5.47. The van der Waals surface area contributed by atoms with Crippen LogP contribution in [-0.2, 0) is 0 Å². The molecule has 1 atom stereocenters. The summed E-state index contributed by atoms with van der Waals surface area (Å²) in [5.41, 5.74) is 1.41. The van der Waals surface area contributed by atoms with Gasteiger partial charge in [0.15, 0.2) is 0 Å². The van der Waals surface area contributed by atoms with E-state index in [4.69, 9.17) is 4.74 Å². The molecule has 0 aromatic heterocycles. The molecular weight excluding hydrogens is 246 g/mol. The minimum atomic E-state index is 0.490. The average molecular weight is 269 g/mol. The van der Waals surface area contributed by atoms with Crippen molar-refractivity contribution in [2.75, 3.05) is 14.2 Å². The first-order chi connectivity index (χ1) is 9.81. The molecule has 0 radical (unpaired) electrons. The Morgan fingerprint density at radius 3 is 2.45 bits per heavy atom. The monoisotopic (exact) mass is 269 g/mol. The maximum Gasteiger partial charge on any atom is 0.119 e. The minimum absolute atomic E-state index is 0.490. The first-order valence-electron chi connectivity index (χ1n) is 7.57. The predicted octanol–water partition coefficient (Wildman–Crippen LogP) is 4.30. The van der Waals surface area contributed by atoms with Gasteiger partial charge in [0, 0.05) is 6.04 Å². The van der Waals surface area contributed by atoms with E-state index in [9.17, 15) is 0 Å². The van der Waals surface area contributed by atoms with Gasteiger partial charge in [0.2, 0.25) is 0 Å². The SMILES string of the molecule is CNC(c1ccc2cc(OC)ccc2c1)C1CCCC1. The molecule has 0 spiro atoms. The molecule has 1 aliphatic rings. The normalized spacial score (nSPS) is 17.5. The second-order valence-electron chi connectivity index (χ2n) is 5.78. The molecule has 0 heterocycles. The van der Waals surface area contributed by atoms with E-state index < -0.39 is 0 Å². The lowest BCUT2D eigenvalue weighted by atomic mass is 9.90. The third kappa shape index (κ3) is 2.53. The first kappa shape index (κ1) is 13.4. The summed E-state index contributed by atoms with van der Waals surface area (Å²) >= 11 is 0. The Bertz CT molecular complexity index is 587. The van der Waals surface area contributed by atoms with Crippen molar-refractivity contribution in [2.24, 2.45) is 5.92 Å². The lowest BCUT2D eigenvalue weighted by Gasteiger charge is -2.23. The van der Waals surface area contributed by atoms with Crippen molar-refractivity contribution in [1.82, 2.24) is 5.32 Å². The fourth-order valence-corrected chi connectivity index (χ4v) is 3.53. The third-order valence-corrected chi connectivity index (χ3v) is 4.61. The molecule has 20 heavy (non-hydrogen) atoms. The van der Waals surface area contributed by atoms with E-state index in [2.05, 4.69) is 42.7 Å². The van der Waals surface area contributed by atoms with Crippen LogP contribution in [0.2, 0.25) is 0 Å². The van der Waals surface area contributed by atoms with E-state index in [-0.39, 0.29) is 0 Å². The number of hydrogen-bond acceptors (Lipinski definition) is 2. The Labute approximate surface area is 121 Å². The van der Waals surface area contributed by atoms with Gasteiger partial charge in [-0.05, 0) is 60.3 Å². The van der Waals surface area contributed by atoms with Crippen LogP contribution in [0.4, 0.5) is 0 Å². The van der Waals surface area contributed by atoms with Crippen molar-refractivity contribution in [1.29, 1.82) is 0 Å². The van der Waals surface area contributed by atoms with Gasteiger partial charge in [-0.1, -0.05) is 31.0 Å². The highest BCUT2D eigenvalue weighted by Gasteiger charge is 2.25. The summed E-state index contributed by atoms with van der Waals surface area (Å²) in [4.78, 5) is 0. The molecule has 2 aromatic carbocycles. The Hall–Kier alpha value is -1.54. The number of methoxy groups -OCH3 is 1. The van der Waals surface area contributed by atoms with Crippen molar-refractivity contribution in [3.8, 4) is 5.75 Å². The molecule has 0 bridgehead atoms. The largest absolute Gasteiger partial charge is 0.497 e. The smallest absolute Gasteiger partial charge is 0.119 e. The van der Waals surface area contributed by atoms with Crippen molar-refractivity contribution >= 4 is 10.8 Å². The summed E-state index contributed by atoms with van der Waals surface area (Å²) in [5, 5.41) is 6.06. The molecule has 106 valence electrons. The summed E-state index contributed by atoms with van der Waals surface area (Å²) in [5.74, 6) is 1.71. The summed E-state index contributed by atoms with van der Waals surface area (Å²) in [6.45, 7) is 0. The van der Waals surface area contributed by atoms with Crippen molar-refractivity contribution < 1.29 is 4.74 Å². The molecule has 0 amide bonds. The third-order valence-electron chi connectivity index (χ3n) is 4.61. The number of hydrogen-bond donors (Lipinski definition) is 1. The molecule has 2 nitrogen and oxygen atoms in total. The van der Waals surface area contributed by atoms with Gasteiger partial charge in [-0.2, -0.15) is 0 Å². The lowest BCUT2D eigenvalue weighted by molar-refractivity contribution is 0.390. The fraction of sp³-hybridized carbons (Fsp3) is 0.444. The molecule has 2 heteroatoms. The number of nitrogens with one attached hydrogen (secondary N) is 1. The van der Waals surface area contributed by atoms with Crippen molar-refractivity contribution in [2.45, 2.75) is 31.7 Å². The van der Waals surface area contributed by atoms with Crippen LogP contribution in [0.3, 0.4) is 0 Å². The molecule has 3 rings (SSSR count). The second-order valence-corrected chi connectivity index (χ2v) is 5.78. The number of ether oxygens (including phenoxy) is 1. The molecule has 1 saturated carbocycles. The Morgan fingerprint density at radius 1 is 1.05 bits per heavy atom. The van der Waals surface area contributed by atoms with Gasteiger partial charge in [-0.3, -0.25) is 0 Å². The van der Waals surface area contributed by atoms with Gasteiger partial charge in [-0.25, -0.2) is 0 Å². The maximum atomic E-state index is 5.29. The molecule has 2 aromatic rings. The molecule has 1 aliphatic carbocycles. The van der Waals surface area contributed by atoms with E-state index >= 15 is 0 Å². The van der Waals surface area contributed by atoms with Gasteiger partial charge >= 0.3 is 0 Å². The molecule has 1 unspecified atom stereocenters. The van der Waals surface area contributed by atoms with Crippen molar-refractivity contribution in [3.63, 3.8) is 0 Å². The second kappa shape index (κ2) is 5.84. The zero-order chi connectivity index (χ0) is 13.9. The predicted molar refractivity (Wildman–Crippen MR) is 84.3 cm³/mol. The molecule has 0 saturated heterocycles. The highest BCUT2D eigenvalue weighted by atomic mass is 16.5. The van der Waals surface area contributed by atoms with E-state index in [1.54, 1.807) is 7.11 Å². The van der Waals surface area contributed by atoms with E-state index in [0.29, 0.717) is 6.04 Å². The van der Waals surface area contributed by atoms with E-state index in [1.807, 2.05) is 6.07 Å². The van der Waals surface area contributed by atoms with Crippen LogP contribution in [0.25, 0.3) is 10.8 Å². The molecule has 1 N–H and O–H groups in total. The van der Waals surface area contributed by atoms with Gasteiger partial charge < -0.3 is 10.1 Å². The van der Waals surface area contributed by atoms with Crippen LogP contribution < -0.4 is 10.1 Å². The summed E-state index contributed by atoms with van der Waals surface area (Å²) in [6, 6.07) is 13.6. The van der Waals surface area contributed by atoms with Gasteiger partial charge in [0.05, 0.1) is 7.11 Å². The highest BCUT2D eigenvalue weighted by Crippen LogP contribution is 2.36. The molecule has 0 aliphatic heterocycles. The fourth-order valence-electron chi connectivity index (χ4n) is 3.53. The van der Waals surface area contributed by atoms with Crippen LogP contribution >= 0.6 is 0 Å². The Kier molecular flexibility index (Phi) is 3.93. The van der Waals surface area contributed by atoms with Crippen LogP contribution in [0.5, 0.6) is 5.75 Å². The quantitative estimate of drug-likeness (QED) is 0.893. The lowest BCUT2D eigenvalue weighted by Crippen LogP contribution is -2.23. The van der Waals surface area contributed by atoms with Crippen LogP contribution in [0, 0.1) is 5.92 Å². The average Bonchev–Trinajstić information content (AvgIpc) is 3.01. The van der Waals surface area contributed by atoms with Gasteiger partial charge in [0.1, 0.15) is 5.75 Å². The maximum absolute atomic E-state index is 5.29. The standard InChI is InChI=1S/C18H23NO/c1-19-18(13-5-3-4-6-13)16-8-7-15-12-17(20-2)10-9-14(15)11-16/h7-13,18-19H,3-6H2,1-2H3. The van der Waals surface area contributed by atoms with E-state index in [0.717, 1.165) is 11.7 Å². The number of fused-ring (bicyclic) bond motifs is 1. The zero-order valence-corrected chi connectivity index (χ0v) is 12.4.